The minimum absolute atomic E-state index is 0.00586. The first kappa shape index (κ1) is 26.4. The first-order valence-electron chi connectivity index (χ1n) is 9.99. The molecule has 3 unspecified atom stereocenters. The smallest absolute Gasteiger partial charge is 0.326 e. The zero-order chi connectivity index (χ0) is 23.2. The molecule has 0 fully saturated rings. The Morgan fingerprint density at radius 1 is 1.00 bits per heavy atom. The molecule has 3 amide bonds. The van der Waals surface area contributed by atoms with E-state index < -0.39 is 48.4 Å². The number of nitrogens with one attached hydrogen (secondary N) is 3. The van der Waals surface area contributed by atoms with E-state index in [1.54, 1.807) is 0 Å². The first-order valence-corrected chi connectivity index (χ1v) is 10.6. The van der Waals surface area contributed by atoms with Crippen molar-refractivity contribution in [3.05, 3.63) is 35.9 Å². The van der Waals surface area contributed by atoms with E-state index in [0.29, 0.717) is 25.8 Å². The highest BCUT2D eigenvalue weighted by atomic mass is 32.1. The molecule has 0 bridgehead atoms. The van der Waals surface area contributed by atoms with Crippen LogP contribution in [0.2, 0.25) is 0 Å². The normalized spacial score (nSPS) is 13.5. The van der Waals surface area contributed by atoms with Crippen molar-refractivity contribution < 1.29 is 24.3 Å². The van der Waals surface area contributed by atoms with Crippen LogP contribution in [0, 0.1) is 0 Å². The summed E-state index contributed by atoms with van der Waals surface area (Å²) >= 11 is 4.07. The highest BCUT2D eigenvalue weighted by Crippen LogP contribution is 2.03. The number of thiol groups is 1. The van der Waals surface area contributed by atoms with Gasteiger partial charge >= 0.3 is 5.97 Å². The van der Waals surface area contributed by atoms with Crippen LogP contribution in [0.5, 0.6) is 0 Å². The largest absolute Gasteiger partial charge is 0.480 e. The summed E-state index contributed by atoms with van der Waals surface area (Å²) in [7, 11) is 0. The first-order chi connectivity index (χ1) is 14.8. The molecule has 1 aromatic carbocycles. The Morgan fingerprint density at radius 2 is 1.68 bits per heavy atom. The molecule has 3 atom stereocenters. The van der Waals surface area contributed by atoms with E-state index in [2.05, 4.69) is 28.6 Å². The number of hydrogen-bond donors (Lipinski definition) is 7. The Kier molecular flexibility index (Phi) is 12.3. The molecule has 10 nitrogen and oxygen atoms in total. The van der Waals surface area contributed by atoms with Crippen molar-refractivity contribution in [1.82, 2.24) is 16.0 Å². The Labute approximate surface area is 186 Å². The lowest BCUT2D eigenvalue weighted by Crippen LogP contribution is -2.54. The van der Waals surface area contributed by atoms with Crippen molar-refractivity contribution in [2.75, 3.05) is 18.8 Å². The van der Waals surface area contributed by atoms with Crippen LogP contribution in [0.3, 0.4) is 0 Å². The van der Waals surface area contributed by atoms with Crippen LogP contribution in [0.25, 0.3) is 0 Å². The summed E-state index contributed by atoms with van der Waals surface area (Å²) in [6, 6.07) is 6.29. The van der Waals surface area contributed by atoms with Gasteiger partial charge in [0, 0.05) is 5.75 Å². The van der Waals surface area contributed by atoms with Crippen molar-refractivity contribution in [3.63, 3.8) is 0 Å². The summed E-state index contributed by atoms with van der Waals surface area (Å²) in [5.41, 5.74) is 12.2. The lowest BCUT2D eigenvalue weighted by Gasteiger charge is -2.20. The lowest BCUT2D eigenvalue weighted by atomic mass is 10.1. The topological polar surface area (TPSA) is 177 Å². The second kappa shape index (κ2) is 14.4. The number of aliphatic carboxylic acids is 1. The standard InChI is InChI=1S/C20H31N5O5S/c21-9-5-4-8-15(20(29)30)24-17(26)11-23-19(28)16(12-31)25-18(27)14(22)10-13-6-2-1-3-7-13/h1-3,6-7,14-16,31H,4-5,8-12,21-22H2,(H,23,28)(H,24,26)(H,25,27)(H,29,30). The number of hydrogen-bond acceptors (Lipinski definition) is 7. The van der Waals surface area contributed by atoms with E-state index >= 15 is 0 Å². The minimum atomic E-state index is -1.16. The Morgan fingerprint density at radius 3 is 2.26 bits per heavy atom. The van der Waals surface area contributed by atoms with Crippen LogP contribution in [0.1, 0.15) is 24.8 Å². The summed E-state index contributed by atoms with van der Waals surface area (Å²) in [4.78, 5) is 47.8. The highest BCUT2D eigenvalue weighted by molar-refractivity contribution is 7.80. The molecule has 172 valence electrons. The number of rotatable bonds is 14. The van der Waals surface area contributed by atoms with Gasteiger partial charge in [-0.2, -0.15) is 12.6 Å². The fraction of sp³-hybridized carbons (Fsp3) is 0.500. The molecular formula is C20H31N5O5S. The van der Waals surface area contributed by atoms with E-state index in [1.165, 1.54) is 0 Å². The SMILES string of the molecule is NCCCCC(NC(=O)CNC(=O)C(CS)NC(=O)C(N)Cc1ccccc1)C(=O)O. The second-order valence-corrected chi connectivity index (χ2v) is 7.37. The predicted molar refractivity (Wildman–Crippen MR) is 119 cm³/mol. The average Bonchev–Trinajstić information content (AvgIpc) is 2.75. The fourth-order valence-corrected chi connectivity index (χ4v) is 2.98. The fourth-order valence-electron chi connectivity index (χ4n) is 2.72. The molecule has 8 N–H and O–H groups in total. The van der Waals surface area contributed by atoms with Gasteiger partial charge in [0.2, 0.25) is 17.7 Å². The predicted octanol–water partition coefficient (Wildman–Crippen LogP) is -1.21. The summed E-state index contributed by atoms with van der Waals surface area (Å²) in [5.74, 6) is -2.97. The molecule has 0 saturated heterocycles. The van der Waals surface area contributed by atoms with Gasteiger partial charge in [0.1, 0.15) is 12.1 Å². The molecule has 1 rings (SSSR count). The van der Waals surface area contributed by atoms with Gasteiger partial charge in [-0.25, -0.2) is 4.79 Å². The van der Waals surface area contributed by atoms with Gasteiger partial charge in [0.05, 0.1) is 12.6 Å². The van der Waals surface area contributed by atoms with Gasteiger partial charge in [-0.3, -0.25) is 14.4 Å². The van der Waals surface area contributed by atoms with E-state index in [1.807, 2.05) is 30.3 Å². The van der Waals surface area contributed by atoms with E-state index in [9.17, 15) is 24.3 Å². The van der Waals surface area contributed by atoms with Gasteiger partial charge < -0.3 is 32.5 Å². The molecular weight excluding hydrogens is 422 g/mol. The zero-order valence-corrected chi connectivity index (χ0v) is 18.1. The number of carbonyl (C=O) groups excluding carboxylic acids is 3. The van der Waals surface area contributed by atoms with Crippen LogP contribution >= 0.6 is 12.6 Å². The Balaban J connectivity index is 2.49. The third-order valence-electron chi connectivity index (χ3n) is 4.45. The number of amides is 3. The number of nitrogens with two attached hydrogens (primary N) is 2. The zero-order valence-electron chi connectivity index (χ0n) is 17.3. The summed E-state index contributed by atoms with van der Waals surface area (Å²) in [5, 5.41) is 16.4. The molecule has 0 aliphatic carbocycles. The van der Waals surface area contributed by atoms with Crippen molar-refractivity contribution in [2.24, 2.45) is 11.5 Å². The third kappa shape index (κ3) is 10.3. The van der Waals surface area contributed by atoms with E-state index in [0.717, 1.165) is 5.56 Å². The molecule has 0 aliphatic heterocycles. The molecule has 0 spiro atoms. The van der Waals surface area contributed by atoms with Gasteiger partial charge in [-0.1, -0.05) is 30.3 Å². The number of benzene rings is 1. The quantitative estimate of drug-likeness (QED) is 0.136. The maximum Gasteiger partial charge on any atom is 0.326 e. The molecule has 1 aromatic rings. The summed E-state index contributed by atoms with van der Waals surface area (Å²) in [6.45, 7) is -0.00208. The molecule has 0 aromatic heterocycles. The molecule has 31 heavy (non-hydrogen) atoms. The van der Waals surface area contributed by atoms with E-state index in [4.69, 9.17) is 11.5 Å². The number of carboxylic acid groups (broad SMARTS) is 1. The van der Waals surface area contributed by atoms with Crippen molar-refractivity contribution in [1.29, 1.82) is 0 Å². The highest BCUT2D eigenvalue weighted by Gasteiger charge is 2.24. The monoisotopic (exact) mass is 453 g/mol. The molecule has 0 aliphatic rings. The third-order valence-corrected chi connectivity index (χ3v) is 4.82. The maximum atomic E-state index is 12.3. The van der Waals surface area contributed by atoms with E-state index in [-0.39, 0.29) is 12.2 Å². The molecule has 0 saturated carbocycles. The molecule has 0 heterocycles. The second-order valence-electron chi connectivity index (χ2n) is 7.00. The van der Waals surface area contributed by atoms with Gasteiger partial charge in [0.15, 0.2) is 0 Å². The van der Waals surface area contributed by atoms with Crippen LogP contribution in [-0.2, 0) is 25.6 Å². The van der Waals surface area contributed by atoms with Crippen molar-refractivity contribution in [2.45, 2.75) is 43.8 Å². The van der Waals surface area contributed by atoms with Gasteiger partial charge in [0.25, 0.3) is 0 Å². The number of carbonyl (C=O) groups is 4. The van der Waals surface area contributed by atoms with Crippen molar-refractivity contribution >= 4 is 36.3 Å². The summed E-state index contributed by atoms with van der Waals surface area (Å²) < 4.78 is 0. The Hall–Kier alpha value is -2.63. The maximum absolute atomic E-state index is 12.3. The minimum Gasteiger partial charge on any atom is -0.480 e. The van der Waals surface area contributed by atoms with Crippen molar-refractivity contribution in [3.8, 4) is 0 Å². The van der Waals surface area contributed by atoms with Gasteiger partial charge in [-0.15, -0.1) is 0 Å². The van der Waals surface area contributed by atoms with Gasteiger partial charge in [-0.05, 0) is 37.8 Å². The lowest BCUT2D eigenvalue weighted by molar-refractivity contribution is -0.142. The van der Waals surface area contributed by atoms with Crippen LogP contribution in [0.4, 0.5) is 0 Å². The number of carboxylic acids is 1. The summed E-state index contributed by atoms with van der Waals surface area (Å²) in [6.07, 6.45) is 1.74. The molecule has 0 radical (unpaired) electrons. The van der Waals surface area contributed by atoms with Crippen LogP contribution in [0.15, 0.2) is 30.3 Å². The number of unbranched alkanes of at least 4 members (excludes halogenated alkanes) is 1. The average molecular weight is 454 g/mol. The van der Waals surface area contributed by atoms with Crippen LogP contribution < -0.4 is 27.4 Å². The Bertz CT molecular complexity index is 734. The van der Waals surface area contributed by atoms with Crippen LogP contribution in [-0.4, -0.2) is 65.8 Å². The molecule has 11 heteroatoms.